The lowest BCUT2D eigenvalue weighted by molar-refractivity contribution is -0.123. The number of carbonyl (C=O) groups is 1. The number of aromatic nitrogens is 2. The molecule has 0 saturated heterocycles. The van der Waals surface area contributed by atoms with Crippen molar-refractivity contribution >= 4 is 5.91 Å². The van der Waals surface area contributed by atoms with Crippen LogP contribution in [0.15, 0.2) is 60.7 Å². The van der Waals surface area contributed by atoms with Crippen LogP contribution in [0.5, 0.6) is 23.1 Å². The van der Waals surface area contributed by atoms with Crippen molar-refractivity contribution in [2.24, 2.45) is 0 Å². The number of nitrogens with one attached hydrogen (secondary N) is 1. The maximum atomic E-state index is 11.9. The molecule has 1 amide bonds. The smallest absolute Gasteiger partial charge is 0.258 e. The number of ether oxygens (including phenoxy) is 4. The monoisotopic (exact) mass is 423 g/mol. The summed E-state index contributed by atoms with van der Waals surface area (Å²) in [5.41, 5.74) is 1.67. The second-order valence-electron chi connectivity index (χ2n) is 6.35. The fourth-order valence-corrected chi connectivity index (χ4v) is 2.72. The third kappa shape index (κ3) is 6.60. The van der Waals surface area contributed by atoms with Gasteiger partial charge in [0.15, 0.2) is 18.1 Å². The highest BCUT2D eigenvalue weighted by atomic mass is 16.5. The lowest BCUT2D eigenvalue weighted by Crippen LogP contribution is -2.32. The van der Waals surface area contributed by atoms with Gasteiger partial charge in [0.05, 0.1) is 26.0 Å². The van der Waals surface area contributed by atoms with Gasteiger partial charge in [-0.1, -0.05) is 12.1 Å². The van der Waals surface area contributed by atoms with Crippen molar-refractivity contribution in [1.82, 2.24) is 15.5 Å². The minimum atomic E-state index is -0.258. The highest BCUT2D eigenvalue weighted by Crippen LogP contribution is 2.25. The van der Waals surface area contributed by atoms with Crippen molar-refractivity contribution in [3.63, 3.8) is 0 Å². The Morgan fingerprint density at radius 1 is 0.903 bits per heavy atom. The van der Waals surface area contributed by atoms with Crippen LogP contribution >= 0.6 is 0 Å². The van der Waals surface area contributed by atoms with Gasteiger partial charge in [0, 0.05) is 11.6 Å². The number of rotatable bonds is 11. The number of benzene rings is 2. The van der Waals surface area contributed by atoms with E-state index in [-0.39, 0.29) is 19.1 Å². The largest absolute Gasteiger partial charge is 0.494 e. The molecule has 8 heteroatoms. The van der Waals surface area contributed by atoms with Crippen molar-refractivity contribution in [2.75, 3.05) is 33.5 Å². The van der Waals surface area contributed by atoms with Crippen LogP contribution in [0.1, 0.15) is 6.92 Å². The molecule has 31 heavy (non-hydrogen) atoms. The third-order valence-electron chi connectivity index (χ3n) is 4.20. The van der Waals surface area contributed by atoms with Crippen molar-refractivity contribution in [3.05, 3.63) is 60.7 Å². The van der Waals surface area contributed by atoms with E-state index in [0.29, 0.717) is 30.5 Å². The standard InChI is InChI=1S/C23H25N3O5/c1-3-29-18-10-8-17(9-11-18)19-12-13-23(26-25-19)30-15-14-24-22(27)16-31-21-7-5-4-6-20(21)28-2/h4-13H,3,14-16H2,1-2H3,(H,24,27). The van der Waals surface area contributed by atoms with Crippen LogP contribution in [0.4, 0.5) is 0 Å². The molecule has 0 atom stereocenters. The molecule has 0 aliphatic heterocycles. The van der Waals surface area contributed by atoms with Gasteiger partial charge < -0.3 is 24.3 Å². The van der Waals surface area contributed by atoms with Gasteiger partial charge in [-0.3, -0.25) is 4.79 Å². The molecule has 162 valence electrons. The minimum Gasteiger partial charge on any atom is -0.494 e. The number of nitrogens with zero attached hydrogens (tertiary/aromatic N) is 2. The Bertz CT molecular complexity index is 962. The van der Waals surface area contributed by atoms with Gasteiger partial charge in [-0.2, -0.15) is 0 Å². The molecule has 3 rings (SSSR count). The summed E-state index contributed by atoms with van der Waals surface area (Å²) in [4.78, 5) is 11.9. The lowest BCUT2D eigenvalue weighted by atomic mass is 10.1. The number of methoxy groups -OCH3 is 1. The predicted molar refractivity (Wildman–Crippen MR) is 116 cm³/mol. The fourth-order valence-electron chi connectivity index (χ4n) is 2.72. The first kappa shape index (κ1) is 21.9. The third-order valence-corrected chi connectivity index (χ3v) is 4.20. The van der Waals surface area contributed by atoms with E-state index in [0.717, 1.165) is 17.0 Å². The Hall–Kier alpha value is -3.81. The van der Waals surface area contributed by atoms with E-state index in [1.54, 1.807) is 25.3 Å². The zero-order valence-corrected chi connectivity index (χ0v) is 17.5. The van der Waals surface area contributed by atoms with E-state index in [9.17, 15) is 4.79 Å². The summed E-state index contributed by atoms with van der Waals surface area (Å²) >= 11 is 0. The van der Waals surface area contributed by atoms with Gasteiger partial charge in [-0.05, 0) is 49.4 Å². The summed E-state index contributed by atoms with van der Waals surface area (Å²) in [6.07, 6.45) is 0. The molecule has 2 aromatic carbocycles. The van der Waals surface area contributed by atoms with E-state index in [1.165, 1.54) is 0 Å². The first-order valence-electron chi connectivity index (χ1n) is 9.92. The molecule has 0 aliphatic rings. The summed E-state index contributed by atoms with van der Waals surface area (Å²) in [5, 5.41) is 11.0. The van der Waals surface area contributed by atoms with E-state index >= 15 is 0 Å². The fraction of sp³-hybridized carbons (Fsp3) is 0.261. The van der Waals surface area contributed by atoms with Crippen molar-refractivity contribution in [3.8, 4) is 34.4 Å². The zero-order chi connectivity index (χ0) is 21.9. The second kappa shape index (κ2) is 11.4. The van der Waals surface area contributed by atoms with Crippen molar-refractivity contribution < 1.29 is 23.7 Å². The molecule has 0 saturated carbocycles. The predicted octanol–water partition coefficient (Wildman–Crippen LogP) is 3.12. The molecule has 1 aromatic heterocycles. The highest BCUT2D eigenvalue weighted by Gasteiger charge is 2.07. The zero-order valence-electron chi connectivity index (χ0n) is 17.5. The average molecular weight is 423 g/mol. The summed E-state index contributed by atoms with van der Waals surface area (Å²) in [7, 11) is 1.55. The van der Waals surface area contributed by atoms with Gasteiger partial charge in [0.2, 0.25) is 5.88 Å². The van der Waals surface area contributed by atoms with Crippen LogP contribution in [0.2, 0.25) is 0 Å². The van der Waals surface area contributed by atoms with Gasteiger partial charge in [0.1, 0.15) is 12.4 Å². The number of hydrogen-bond acceptors (Lipinski definition) is 7. The highest BCUT2D eigenvalue weighted by molar-refractivity contribution is 5.77. The molecular weight excluding hydrogens is 398 g/mol. The second-order valence-corrected chi connectivity index (χ2v) is 6.35. The van der Waals surface area contributed by atoms with Crippen LogP contribution in [0.25, 0.3) is 11.3 Å². The summed E-state index contributed by atoms with van der Waals surface area (Å²) in [6, 6.07) is 18.4. The van der Waals surface area contributed by atoms with Crippen LogP contribution in [-0.4, -0.2) is 49.6 Å². The SMILES string of the molecule is CCOc1ccc(-c2ccc(OCCNC(=O)COc3ccccc3OC)nn2)cc1. The van der Waals surface area contributed by atoms with Gasteiger partial charge in [0.25, 0.3) is 5.91 Å². The minimum absolute atomic E-state index is 0.114. The maximum absolute atomic E-state index is 11.9. The molecule has 0 spiro atoms. The Morgan fingerprint density at radius 2 is 1.68 bits per heavy atom. The van der Waals surface area contributed by atoms with Gasteiger partial charge >= 0.3 is 0 Å². The molecule has 0 fully saturated rings. The summed E-state index contributed by atoms with van der Waals surface area (Å²) < 4.78 is 21.6. The van der Waals surface area contributed by atoms with Crippen LogP contribution in [-0.2, 0) is 4.79 Å². The van der Waals surface area contributed by atoms with Crippen molar-refractivity contribution in [2.45, 2.75) is 6.92 Å². The summed E-state index contributed by atoms with van der Waals surface area (Å²) in [5.74, 6) is 2.03. The van der Waals surface area contributed by atoms with Crippen LogP contribution < -0.4 is 24.3 Å². The maximum Gasteiger partial charge on any atom is 0.258 e. The quantitative estimate of drug-likeness (QED) is 0.474. The number of carbonyl (C=O) groups excluding carboxylic acids is 1. The van der Waals surface area contributed by atoms with E-state index in [2.05, 4.69) is 15.5 Å². The van der Waals surface area contributed by atoms with Gasteiger partial charge in [-0.25, -0.2) is 0 Å². The molecule has 3 aromatic rings. The average Bonchev–Trinajstić information content (AvgIpc) is 2.82. The van der Waals surface area contributed by atoms with Crippen LogP contribution in [0.3, 0.4) is 0 Å². The molecular formula is C23H25N3O5. The van der Waals surface area contributed by atoms with Crippen molar-refractivity contribution in [1.29, 1.82) is 0 Å². The molecule has 0 aliphatic carbocycles. The van der Waals surface area contributed by atoms with E-state index in [4.69, 9.17) is 18.9 Å². The lowest BCUT2D eigenvalue weighted by Gasteiger charge is -2.10. The normalized spacial score (nSPS) is 10.3. The molecule has 0 unspecified atom stereocenters. The number of para-hydroxylation sites is 2. The molecule has 0 bridgehead atoms. The van der Waals surface area contributed by atoms with E-state index in [1.807, 2.05) is 49.4 Å². The first-order valence-corrected chi connectivity index (χ1v) is 9.92. The Morgan fingerprint density at radius 3 is 2.35 bits per heavy atom. The molecule has 8 nitrogen and oxygen atoms in total. The Kier molecular flexibility index (Phi) is 8.05. The topological polar surface area (TPSA) is 91.8 Å². The summed E-state index contributed by atoms with van der Waals surface area (Å²) in [6.45, 7) is 3.03. The van der Waals surface area contributed by atoms with E-state index < -0.39 is 0 Å². The molecule has 0 radical (unpaired) electrons. The molecule has 1 heterocycles. The Balaban J connectivity index is 1.39. The first-order chi connectivity index (χ1) is 15.2. The number of amides is 1. The Labute approximate surface area is 181 Å². The number of hydrogen-bond donors (Lipinski definition) is 1. The molecule has 1 N–H and O–H groups in total. The van der Waals surface area contributed by atoms with Crippen LogP contribution in [0, 0.1) is 0 Å². The van der Waals surface area contributed by atoms with Gasteiger partial charge in [-0.15, -0.1) is 10.2 Å².